The number of allylic oxidation sites excluding steroid dienone is 1. The lowest BCUT2D eigenvalue weighted by atomic mass is 9.90. The highest BCUT2D eigenvalue weighted by Crippen LogP contribution is 2.59. The highest BCUT2D eigenvalue weighted by atomic mass is 16.5. The Labute approximate surface area is 210 Å². The second-order valence-electron chi connectivity index (χ2n) is 8.73. The number of anilines is 1. The molecular weight excluding hydrogens is 458 g/mol. The highest BCUT2D eigenvalue weighted by Gasteiger charge is 2.58. The van der Waals surface area contributed by atoms with Crippen molar-refractivity contribution in [1.82, 2.24) is 0 Å². The molecule has 2 aliphatic heterocycles. The monoisotopic (exact) mass is 487 g/mol. The van der Waals surface area contributed by atoms with Gasteiger partial charge in [-0.2, -0.15) is 0 Å². The van der Waals surface area contributed by atoms with Crippen LogP contribution in [-0.2, 0) is 21.7 Å². The van der Waals surface area contributed by atoms with Crippen molar-refractivity contribution >= 4 is 17.7 Å². The summed E-state index contributed by atoms with van der Waals surface area (Å²) in [6.45, 7) is 0.397. The summed E-state index contributed by atoms with van der Waals surface area (Å²) in [6, 6.07) is 19.4. The van der Waals surface area contributed by atoms with Gasteiger partial charge in [0.25, 0.3) is 5.91 Å². The van der Waals surface area contributed by atoms with Crippen LogP contribution in [0.3, 0.4) is 0 Å². The van der Waals surface area contributed by atoms with Crippen LogP contribution >= 0.6 is 0 Å². The normalized spacial score (nSPS) is 19.4. The number of ether oxygens (including phenoxy) is 5. The molecule has 2 heterocycles. The molecule has 0 N–H and O–H groups in total. The fraction of sp³-hybridized carbons (Fsp3) is 0.276. The minimum absolute atomic E-state index is 0.131. The lowest BCUT2D eigenvalue weighted by molar-refractivity contribution is -0.135. The first kappa shape index (κ1) is 23.6. The fourth-order valence-electron chi connectivity index (χ4n) is 5.04. The zero-order chi connectivity index (χ0) is 25.3. The average molecular weight is 488 g/mol. The van der Waals surface area contributed by atoms with E-state index >= 15 is 0 Å². The summed E-state index contributed by atoms with van der Waals surface area (Å²) in [5.41, 5.74) is 2.13. The van der Waals surface area contributed by atoms with E-state index in [1.165, 1.54) is 0 Å². The first-order valence-electron chi connectivity index (χ1n) is 11.8. The second-order valence-corrected chi connectivity index (χ2v) is 8.73. The number of nitrogens with zero attached hydrogens (tertiary/aromatic N) is 1. The van der Waals surface area contributed by atoms with Crippen LogP contribution in [0.2, 0.25) is 0 Å². The van der Waals surface area contributed by atoms with Crippen LogP contribution in [0.5, 0.6) is 23.0 Å². The molecule has 1 fully saturated rings. The fourth-order valence-corrected chi connectivity index (χ4v) is 5.04. The van der Waals surface area contributed by atoms with Gasteiger partial charge in [-0.05, 0) is 29.3 Å². The summed E-state index contributed by atoms with van der Waals surface area (Å²) in [6.07, 6.45) is 3.06. The predicted octanol–water partition coefficient (Wildman–Crippen LogP) is 5.31. The molecule has 1 spiro atoms. The summed E-state index contributed by atoms with van der Waals surface area (Å²) < 4.78 is 28.9. The molecule has 1 saturated heterocycles. The molecule has 0 radical (unpaired) electrons. The number of methoxy groups -OCH3 is 4. The van der Waals surface area contributed by atoms with E-state index in [1.807, 2.05) is 66.7 Å². The van der Waals surface area contributed by atoms with Gasteiger partial charge in [0.1, 0.15) is 5.75 Å². The number of hydrogen-bond acceptors (Lipinski definition) is 6. The Hall–Kier alpha value is -4.13. The molecule has 0 aromatic heterocycles. The zero-order valence-electron chi connectivity index (χ0n) is 20.9. The van der Waals surface area contributed by atoms with E-state index in [-0.39, 0.29) is 5.91 Å². The lowest BCUT2D eigenvalue weighted by Gasteiger charge is -2.25. The number of amides is 1. The Bertz CT molecular complexity index is 1300. The molecule has 36 heavy (non-hydrogen) atoms. The van der Waals surface area contributed by atoms with Gasteiger partial charge in [-0.25, -0.2) is 0 Å². The van der Waals surface area contributed by atoms with Crippen LogP contribution in [0.25, 0.3) is 6.08 Å². The Morgan fingerprint density at radius 3 is 2.28 bits per heavy atom. The van der Waals surface area contributed by atoms with Crippen LogP contribution in [-0.4, -0.2) is 34.3 Å². The maximum atomic E-state index is 14.2. The van der Waals surface area contributed by atoms with Crippen molar-refractivity contribution in [3.05, 3.63) is 83.1 Å². The maximum absolute atomic E-state index is 14.2. The van der Waals surface area contributed by atoms with E-state index in [0.29, 0.717) is 47.9 Å². The number of carbonyl (C=O) groups excluding carboxylic acids is 1. The van der Waals surface area contributed by atoms with E-state index < -0.39 is 5.60 Å². The van der Waals surface area contributed by atoms with Gasteiger partial charge in [0.2, 0.25) is 11.4 Å². The van der Waals surface area contributed by atoms with Crippen molar-refractivity contribution in [2.45, 2.75) is 25.0 Å². The smallest absolute Gasteiger partial charge is 0.276 e. The summed E-state index contributed by atoms with van der Waals surface area (Å²) in [4.78, 5) is 15.9. The third-order valence-corrected chi connectivity index (χ3v) is 6.75. The van der Waals surface area contributed by atoms with Gasteiger partial charge in [0.05, 0.1) is 52.0 Å². The van der Waals surface area contributed by atoms with Gasteiger partial charge in [0, 0.05) is 18.9 Å². The minimum Gasteiger partial charge on any atom is -0.497 e. The van der Waals surface area contributed by atoms with Gasteiger partial charge >= 0.3 is 0 Å². The molecule has 1 atom stereocenters. The molecule has 7 nitrogen and oxygen atoms in total. The molecule has 0 bridgehead atoms. The molecule has 186 valence electrons. The standard InChI is InChI=1S/C29H29NO6/c1-32-21-12-10-19(11-13-21)16-22-14-15-29(36-22)25-23(17-24(33-2)26(34-3)27(25)35-4)30(28(29)31)18-20-8-6-5-7-9-20/h5-13,16-17H,14-15,18H2,1-4H3/b22-16-. The second kappa shape index (κ2) is 9.49. The quantitative estimate of drug-likeness (QED) is 0.450. The van der Waals surface area contributed by atoms with E-state index in [0.717, 1.165) is 22.6 Å². The van der Waals surface area contributed by atoms with Crippen molar-refractivity contribution < 1.29 is 28.5 Å². The summed E-state index contributed by atoms with van der Waals surface area (Å²) in [7, 11) is 6.33. The lowest BCUT2D eigenvalue weighted by Crippen LogP contribution is -2.39. The molecule has 3 aromatic carbocycles. The first-order valence-corrected chi connectivity index (χ1v) is 11.8. The number of carbonyl (C=O) groups is 1. The summed E-state index contributed by atoms with van der Waals surface area (Å²) >= 11 is 0. The van der Waals surface area contributed by atoms with Crippen LogP contribution < -0.4 is 23.8 Å². The predicted molar refractivity (Wildman–Crippen MR) is 137 cm³/mol. The van der Waals surface area contributed by atoms with Gasteiger partial charge in [0.15, 0.2) is 11.5 Å². The van der Waals surface area contributed by atoms with E-state index in [1.54, 1.807) is 33.3 Å². The van der Waals surface area contributed by atoms with Crippen LogP contribution in [0.4, 0.5) is 5.69 Å². The Morgan fingerprint density at radius 1 is 0.917 bits per heavy atom. The SMILES string of the molecule is COc1ccc(/C=C2/CCC3(O2)C(=O)N(Cc2ccccc2)c2cc(OC)c(OC)c(OC)c23)cc1. The van der Waals surface area contributed by atoms with Crippen LogP contribution in [0.15, 0.2) is 66.4 Å². The molecule has 3 aromatic rings. The van der Waals surface area contributed by atoms with Crippen molar-refractivity contribution in [1.29, 1.82) is 0 Å². The van der Waals surface area contributed by atoms with Crippen molar-refractivity contribution in [2.24, 2.45) is 0 Å². The summed E-state index contributed by atoms with van der Waals surface area (Å²) in [5, 5.41) is 0. The van der Waals surface area contributed by atoms with Gasteiger partial charge in [-0.1, -0.05) is 42.5 Å². The number of fused-ring (bicyclic) bond motifs is 2. The number of hydrogen-bond donors (Lipinski definition) is 0. The Kier molecular flexibility index (Phi) is 6.22. The molecule has 1 amide bonds. The highest BCUT2D eigenvalue weighted by molar-refractivity contribution is 6.09. The third kappa shape index (κ3) is 3.81. The minimum atomic E-state index is -1.21. The number of benzene rings is 3. The van der Waals surface area contributed by atoms with Crippen LogP contribution in [0, 0.1) is 0 Å². The van der Waals surface area contributed by atoms with E-state index in [9.17, 15) is 4.79 Å². The van der Waals surface area contributed by atoms with E-state index in [4.69, 9.17) is 23.7 Å². The number of rotatable bonds is 7. The topological polar surface area (TPSA) is 66.5 Å². The summed E-state index contributed by atoms with van der Waals surface area (Å²) in [5.74, 6) is 2.75. The third-order valence-electron chi connectivity index (χ3n) is 6.75. The first-order chi connectivity index (χ1) is 17.5. The molecule has 7 heteroatoms. The molecule has 1 unspecified atom stereocenters. The van der Waals surface area contributed by atoms with Crippen molar-refractivity contribution in [2.75, 3.05) is 33.3 Å². The average Bonchev–Trinajstić information content (AvgIpc) is 3.43. The molecular formula is C29H29NO6. The maximum Gasteiger partial charge on any atom is 0.276 e. The molecule has 5 rings (SSSR count). The van der Waals surface area contributed by atoms with Crippen molar-refractivity contribution in [3.8, 4) is 23.0 Å². The van der Waals surface area contributed by atoms with Crippen LogP contribution in [0.1, 0.15) is 29.5 Å². The van der Waals surface area contributed by atoms with E-state index in [2.05, 4.69) is 0 Å². The molecule has 0 aliphatic carbocycles. The Morgan fingerprint density at radius 2 is 1.64 bits per heavy atom. The van der Waals surface area contributed by atoms with Gasteiger partial charge < -0.3 is 28.6 Å². The zero-order valence-corrected chi connectivity index (χ0v) is 20.9. The van der Waals surface area contributed by atoms with Gasteiger partial charge in [-0.3, -0.25) is 4.79 Å². The van der Waals surface area contributed by atoms with Gasteiger partial charge in [-0.15, -0.1) is 0 Å². The largest absolute Gasteiger partial charge is 0.497 e. The van der Waals surface area contributed by atoms with Crippen molar-refractivity contribution in [3.63, 3.8) is 0 Å². The Balaban J connectivity index is 1.61. The molecule has 2 aliphatic rings. The molecule has 0 saturated carbocycles.